The predicted molar refractivity (Wildman–Crippen MR) is 200 cm³/mol. The van der Waals surface area contributed by atoms with E-state index in [9.17, 15) is 0 Å². The fraction of sp³-hybridized carbons (Fsp3) is 0.0667. The fourth-order valence-corrected chi connectivity index (χ4v) is 7.80. The number of pyridine rings is 1. The minimum absolute atomic E-state index is 0. The van der Waals surface area contributed by atoms with E-state index in [1.165, 1.54) is 16.7 Å². The van der Waals surface area contributed by atoms with Crippen molar-refractivity contribution in [2.24, 2.45) is 0 Å². The number of furan rings is 1. The quantitative estimate of drug-likeness (QED) is 0.131. The molecule has 6 aromatic carbocycles. The first-order chi connectivity index (χ1) is 24.5. The van der Waals surface area contributed by atoms with E-state index < -0.39 is 0 Å². The van der Waals surface area contributed by atoms with Gasteiger partial charge in [-0.1, -0.05) is 83.4 Å². The van der Waals surface area contributed by atoms with Crippen LogP contribution in [-0.4, -0.2) is 14.1 Å². The molecule has 6 heteroatoms. The Morgan fingerprint density at radius 2 is 1.43 bits per heavy atom. The normalized spacial score (nSPS) is 11.7. The maximum Gasteiger partial charge on any atom is 0.268 e. The zero-order chi connectivity index (χ0) is 33.5. The second-order valence-electron chi connectivity index (χ2n) is 13.0. The molecule has 10 rings (SSSR count). The summed E-state index contributed by atoms with van der Waals surface area (Å²) in [5.41, 5.74) is 14.3. The number of aromatic nitrogens is 4. The van der Waals surface area contributed by atoms with E-state index in [0.29, 0.717) is 0 Å². The van der Waals surface area contributed by atoms with Gasteiger partial charge in [-0.2, -0.15) is 18.2 Å². The second-order valence-corrected chi connectivity index (χ2v) is 13.0. The van der Waals surface area contributed by atoms with Crippen LogP contribution < -0.4 is 4.57 Å². The molecule has 0 fully saturated rings. The van der Waals surface area contributed by atoms with Crippen molar-refractivity contribution in [2.75, 3.05) is 0 Å². The Morgan fingerprint density at radius 3 is 2.27 bits per heavy atom. The Bertz CT molecular complexity index is 2950. The Labute approximate surface area is 309 Å². The zero-order valence-corrected chi connectivity index (χ0v) is 30.4. The Hall–Kier alpha value is -5.77. The van der Waals surface area contributed by atoms with Crippen molar-refractivity contribution in [2.45, 2.75) is 20.8 Å². The van der Waals surface area contributed by atoms with Crippen molar-refractivity contribution in [1.29, 1.82) is 0 Å². The van der Waals surface area contributed by atoms with E-state index in [2.05, 4.69) is 149 Å². The maximum absolute atomic E-state index is 6.35. The minimum Gasteiger partial charge on any atom is -0.456 e. The Kier molecular flexibility index (Phi) is 7.31. The molecule has 5 nitrogen and oxygen atoms in total. The van der Waals surface area contributed by atoms with Gasteiger partial charge in [-0.25, -0.2) is 0 Å². The van der Waals surface area contributed by atoms with Gasteiger partial charge in [-0.05, 0) is 78.4 Å². The molecule has 0 unspecified atom stereocenters. The van der Waals surface area contributed by atoms with Crippen molar-refractivity contribution >= 4 is 54.8 Å². The number of nitrogens with zero attached hydrogens (tertiary/aromatic N) is 4. The van der Waals surface area contributed by atoms with Gasteiger partial charge in [0, 0.05) is 43.6 Å². The predicted octanol–water partition coefficient (Wildman–Crippen LogP) is 10.3. The van der Waals surface area contributed by atoms with E-state index in [1.54, 1.807) is 0 Å². The Morgan fingerprint density at radius 1 is 0.647 bits per heavy atom. The van der Waals surface area contributed by atoms with Gasteiger partial charge in [0.15, 0.2) is 0 Å². The average molecular weight is 838 g/mol. The third-order valence-electron chi connectivity index (χ3n) is 9.79. The van der Waals surface area contributed by atoms with E-state index in [-0.39, 0.29) is 21.1 Å². The molecule has 0 bridgehead atoms. The van der Waals surface area contributed by atoms with Crippen molar-refractivity contribution in [3.8, 4) is 28.3 Å². The van der Waals surface area contributed by atoms with Gasteiger partial charge in [0.1, 0.15) is 11.2 Å². The van der Waals surface area contributed by atoms with Gasteiger partial charge >= 0.3 is 0 Å². The van der Waals surface area contributed by atoms with Crippen LogP contribution in [0.15, 0.2) is 132 Å². The first-order valence-corrected chi connectivity index (χ1v) is 16.8. The summed E-state index contributed by atoms with van der Waals surface area (Å²) < 4.78 is 12.9. The summed E-state index contributed by atoms with van der Waals surface area (Å²) in [6.45, 7) is 6.49. The molecule has 10 aromatic rings. The summed E-state index contributed by atoms with van der Waals surface area (Å²) in [5.74, 6) is 0. The number of aryl methyl sites for hydroxylation is 3. The first kappa shape index (κ1) is 31.2. The molecule has 0 saturated heterocycles. The van der Waals surface area contributed by atoms with Crippen LogP contribution in [0.3, 0.4) is 0 Å². The van der Waals surface area contributed by atoms with Gasteiger partial charge in [0.25, 0.3) is 6.33 Å². The van der Waals surface area contributed by atoms with Gasteiger partial charge in [-0.15, -0.1) is 29.8 Å². The molecule has 0 spiro atoms. The van der Waals surface area contributed by atoms with E-state index in [1.807, 2.05) is 36.5 Å². The number of benzene rings is 6. The number of para-hydroxylation sites is 3. The summed E-state index contributed by atoms with van der Waals surface area (Å²) in [6.07, 6.45) is 5.53. The van der Waals surface area contributed by atoms with Gasteiger partial charge in [0.05, 0.1) is 16.7 Å². The van der Waals surface area contributed by atoms with Crippen LogP contribution in [0.25, 0.3) is 83.1 Å². The van der Waals surface area contributed by atoms with Crippen LogP contribution in [0.2, 0.25) is 0 Å². The molecule has 248 valence electrons. The SMILES string of the molecule is Cc1cc(C)c(-[n+]2[c-]n(-c3[c-]c(-n4c5[c-]c(-c6ccccn6)ccc5c5c6c(ccc54)oc4ccccc46)ccc3)c3ccccc32)c(C)c1.[Pt]. The molecule has 51 heavy (non-hydrogen) atoms. The molecule has 0 N–H and O–H groups in total. The number of hydrogen-bond donors (Lipinski definition) is 0. The van der Waals surface area contributed by atoms with E-state index in [0.717, 1.165) is 83.1 Å². The molecule has 0 aliphatic carbocycles. The fourth-order valence-electron chi connectivity index (χ4n) is 7.80. The van der Waals surface area contributed by atoms with Crippen molar-refractivity contribution in [3.63, 3.8) is 0 Å². The van der Waals surface area contributed by atoms with Crippen molar-refractivity contribution < 1.29 is 30.0 Å². The molecule has 0 amide bonds. The van der Waals surface area contributed by atoms with E-state index in [4.69, 9.17) is 4.42 Å². The van der Waals surface area contributed by atoms with Gasteiger partial charge in [0.2, 0.25) is 0 Å². The van der Waals surface area contributed by atoms with Gasteiger partial charge < -0.3 is 18.5 Å². The van der Waals surface area contributed by atoms with Crippen molar-refractivity contribution in [1.82, 2.24) is 14.1 Å². The smallest absolute Gasteiger partial charge is 0.268 e. The maximum atomic E-state index is 6.35. The molecule has 0 aliphatic heterocycles. The van der Waals surface area contributed by atoms with Crippen LogP contribution in [0, 0.1) is 39.2 Å². The first-order valence-electron chi connectivity index (χ1n) is 16.8. The van der Waals surface area contributed by atoms with Crippen molar-refractivity contribution in [3.05, 3.63) is 163 Å². The van der Waals surface area contributed by atoms with Crippen LogP contribution in [0.4, 0.5) is 0 Å². The van der Waals surface area contributed by atoms with Gasteiger partial charge in [-0.3, -0.25) is 4.57 Å². The van der Waals surface area contributed by atoms with Crippen LogP contribution in [0.5, 0.6) is 0 Å². The summed E-state index contributed by atoms with van der Waals surface area (Å²) in [6, 6.07) is 49.6. The number of rotatable bonds is 4. The number of fused-ring (bicyclic) bond motifs is 8. The summed E-state index contributed by atoms with van der Waals surface area (Å²) in [7, 11) is 0. The third kappa shape index (κ3) is 4.80. The topological polar surface area (TPSA) is 39.8 Å². The molecular formula is C45H30N4OPt-2. The largest absolute Gasteiger partial charge is 0.456 e. The van der Waals surface area contributed by atoms with Crippen LogP contribution >= 0.6 is 0 Å². The molecule has 4 aromatic heterocycles. The molecule has 0 saturated carbocycles. The Balaban J connectivity index is 0.00000348. The summed E-state index contributed by atoms with van der Waals surface area (Å²) in [5, 5.41) is 4.42. The van der Waals surface area contributed by atoms with Crippen LogP contribution in [0.1, 0.15) is 16.7 Å². The molecule has 0 aliphatic rings. The molecule has 0 atom stereocenters. The monoisotopic (exact) mass is 837 g/mol. The zero-order valence-electron chi connectivity index (χ0n) is 28.1. The summed E-state index contributed by atoms with van der Waals surface area (Å²) in [4.78, 5) is 4.65. The number of hydrogen-bond acceptors (Lipinski definition) is 2. The standard InChI is InChI=1S/C45H30N4O.Pt/c1-28-23-29(2)45(30(3)24-28)48-27-47(37-15-5-6-16-38(37)48)32-11-10-12-33(26-32)49-39-20-21-42-44(35-13-4-7-17-41(35)50-42)43(39)34-19-18-31(25-40(34)49)36-14-8-9-22-46-36;/h4-24H,1-3H3;/q-2;. The summed E-state index contributed by atoms with van der Waals surface area (Å²) >= 11 is 0. The molecule has 0 radical (unpaired) electrons. The third-order valence-corrected chi connectivity index (χ3v) is 9.79. The molecular weight excluding hydrogens is 808 g/mol. The average Bonchev–Trinajstić information content (AvgIpc) is 3.81. The second kappa shape index (κ2) is 11.9. The number of imidazole rings is 1. The molecule has 4 heterocycles. The van der Waals surface area contributed by atoms with Crippen LogP contribution in [-0.2, 0) is 21.1 Å². The van der Waals surface area contributed by atoms with E-state index >= 15 is 0 Å². The minimum atomic E-state index is 0.